The summed E-state index contributed by atoms with van der Waals surface area (Å²) < 4.78 is 18.0. The van der Waals surface area contributed by atoms with Gasteiger partial charge in [-0.25, -0.2) is 4.79 Å². The van der Waals surface area contributed by atoms with Crippen molar-refractivity contribution in [3.05, 3.63) is 65.9 Å². The van der Waals surface area contributed by atoms with Crippen LogP contribution in [0.2, 0.25) is 0 Å². The molecule has 160 valence electrons. The van der Waals surface area contributed by atoms with Crippen LogP contribution < -0.4 is 4.74 Å². The van der Waals surface area contributed by atoms with Crippen LogP contribution in [0.5, 0.6) is 11.5 Å². The van der Waals surface area contributed by atoms with Gasteiger partial charge in [0.05, 0.1) is 24.3 Å². The lowest BCUT2D eigenvalue weighted by Gasteiger charge is -2.12. The molecular weight excluding hydrogens is 394 g/mol. The topological polar surface area (TPSA) is 69.9 Å². The highest BCUT2D eigenvalue weighted by Gasteiger charge is 2.24. The molecule has 0 bridgehead atoms. The quantitative estimate of drug-likeness (QED) is 0.337. The number of methoxy groups -OCH3 is 1. The number of aromatic nitrogens is 1. The van der Waals surface area contributed by atoms with Gasteiger partial charge in [0.15, 0.2) is 0 Å². The minimum Gasteiger partial charge on any atom is -0.507 e. The van der Waals surface area contributed by atoms with Gasteiger partial charge in [0.2, 0.25) is 0 Å². The molecule has 4 aromatic rings. The first-order chi connectivity index (χ1) is 15.1. The second-order valence-electron chi connectivity index (χ2n) is 7.19. The zero-order valence-electron chi connectivity index (χ0n) is 17.8. The van der Waals surface area contributed by atoms with Crippen molar-refractivity contribution in [1.82, 2.24) is 4.57 Å². The van der Waals surface area contributed by atoms with Crippen LogP contribution in [0.1, 0.15) is 23.0 Å². The number of carbonyl (C=O) groups is 1. The smallest absolute Gasteiger partial charge is 0.340 e. The van der Waals surface area contributed by atoms with Crippen molar-refractivity contribution < 1.29 is 24.1 Å². The predicted molar refractivity (Wildman–Crippen MR) is 121 cm³/mol. The summed E-state index contributed by atoms with van der Waals surface area (Å²) in [5.41, 5.74) is 2.89. The van der Waals surface area contributed by atoms with E-state index in [1.54, 1.807) is 13.2 Å². The van der Waals surface area contributed by atoms with Crippen LogP contribution in [-0.4, -0.2) is 42.6 Å². The lowest BCUT2D eigenvalue weighted by atomic mass is 10.0. The van der Waals surface area contributed by atoms with Crippen LogP contribution in [0.3, 0.4) is 0 Å². The van der Waals surface area contributed by atoms with Crippen molar-refractivity contribution in [3.63, 3.8) is 0 Å². The lowest BCUT2D eigenvalue weighted by molar-refractivity contribution is 0.0389. The summed E-state index contributed by atoms with van der Waals surface area (Å²) in [6.07, 6.45) is 0. The maximum Gasteiger partial charge on any atom is 0.340 e. The number of phenolic OH excluding ortho intramolecular Hbond substituents is 1. The normalized spacial score (nSPS) is 11.2. The fourth-order valence-corrected chi connectivity index (χ4v) is 3.98. The van der Waals surface area contributed by atoms with Gasteiger partial charge in [0.1, 0.15) is 18.1 Å². The number of hydrogen-bond acceptors (Lipinski definition) is 5. The Morgan fingerprint density at radius 2 is 1.71 bits per heavy atom. The molecule has 0 aliphatic carbocycles. The van der Waals surface area contributed by atoms with E-state index in [4.69, 9.17) is 14.2 Å². The first kappa shape index (κ1) is 20.8. The number of phenols is 1. The summed E-state index contributed by atoms with van der Waals surface area (Å²) in [4.78, 5) is 13.0. The second-order valence-corrected chi connectivity index (χ2v) is 7.19. The van der Waals surface area contributed by atoms with E-state index in [-0.39, 0.29) is 12.4 Å². The van der Waals surface area contributed by atoms with E-state index in [1.165, 1.54) is 0 Å². The minimum absolute atomic E-state index is 0.123. The number of benzene rings is 3. The van der Waals surface area contributed by atoms with Crippen molar-refractivity contribution in [2.24, 2.45) is 0 Å². The van der Waals surface area contributed by atoms with Crippen molar-refractivity contribution in [2.75, 3.05) is 26.9 Å². The van der Waals surface area contributed by atoms with Gasteiger partial charge in [-0.1, -0.05) is 24.3 Å². The number of nitrogens with zero attached hydrogens (tertiary/aromatic N) is 1. The van der Waals surface area contributed by atoms with Crippen molar-refractivity contribution in [2.45, 2.75) is 13.8 Å². The van der Waals surface area contributed by atoms with E-state index in [9.17, 15) is 9.90 Å². The molecule has 1 heterocycles. The van der Waals surface area contributed by atoms with Crippen molar-refractivity contribution in [1.29, 1.82) is 0 Å². The van der Waals surface area contributed by atoms with Crippen LogP contribution in [0.25, 0.3) is 27.4 Å². The summed E-state index contributed by atoms with van der Waals surface area (Å²) >= 11 is 0. The van der Waals surface area contributed by atoms with Gasteiger partial charge in [0, 0.05) is 34.6 Å². The molecule has 0 spiro atoms. The van der Waals surface area contributed by atoms with E-state index in [0.717, 1.165) is 33.4 Å². The maximum atomic E-state index is 13.0. The number of aromatic hydroxyl groups is 1. The molecule has 0 fully saturated rings. The molecule has 0 unspecified atom stereocenters. The summed E-state index contributed by atoms with van der Waals surface area (Å²) in [7, 11) is 1.56. The Balaban J connectivity index is 1.99. The Morgan fingerprint density at radius 3 is 2.39 bits per heavy atom. The van der Waals surface area contributed by atoms with E-state index in [0.29, 0.717) is 24.2 Å². The summed E-state index contributed by atoms with van der Waals surface area (Å²) in [5.74, 6) is 0.457. The van der Waals surface area contributed by atoms with E-state index < -0.39 is 5.97 Å². The third kappa shape index (κ3) is 3.70. The fraction of sp³-hybridized carbons (Fsp3) is 0.240. The molecule has 0 saturated heterocycles. The van der Waals surface area contributed by atoms with Gasteiger partial charge in [0.25, 0.3) is 0 Å². The number of hydrogen-bond donors (Lipinski definition) is 1. The first-order valence-corrected chi connectivity index (χ1v) is 10.2. The third-order valence-corrected chi connectivity index (χ3v) is 5.32. The van der Waals surface area contributed by atoms with Gasteiger partial charge in [-0.05, 0) is 44.2 Å². The molecule has 0 saturated carbocycles. The minimum atomic E-state index is -0.445. The molecule has 4 rings (SSSR count). The summed E-state index contributed by atoms with van der Waals surface area (Å²) in [6, 6.07) is 17.0. The van der Waals surface area contributed by atoms with Gasteiger partial charge in [-0.2, -0.15) is 0 Å². The molecule has 0 aliphatic heterocycles. The molecule has 1 N–H and O–H groups in total. The highest BCUT2D eigenvalue weighted by Crippen LogP contribution is 2.39. The Kier molecular flexibility index (Phi) is 5.82. The Labute approximate surface area is 180 Å². The number of ether oxygens (including phenoxy) is 3. The number of esters is 1. The largest absolute Gasteiger partial charge is 0.507 e. The van der Waals surface area contributed by atoms with E-state index in [1.807, 2.05) is 66.9 Å². The van der Waals surface area contributed by atoms with Crippen molar-refractivity contribution >= 4 is 27.6 Å². The van der Waals surface area contributed by atoms with Crippen LogP contribution in [0.4, 0.5) is 0 Å². The van der Waals surface area contributed by atoms with E-state index in [2.05, 4.69) is 0 Å². The van der Waals surface area contributed by atoms with Crippen LogP contribution >= 0.6 is 0 Å². The van der Waals surface area contributed by atoms with Crippen LogP contribution in [0, 0.1) is 6.92 Å². The average molecular weight is 419 g/mol. The molecule has 31 heavy (non-hydrogen) atoms. The Morgan fingerprint density at radius 1 is 1.00 bits per heavy atom. The standard InChI is InChI=1S/C25H25NO5/c1-4-30-18-11-9-17(10-12-18)26-16(2)23(25(28)31-14-13-29-3)21-15-22(27)19-7-5-6-8-20(19)24(21)26/h5-12,15,27H,4,13-14H2,1-3H3. The van der Waals surface area contributed by atoms with Gasteiger partial charge in [-0.3, -0.25) is 0 Å². The third-order valence-electron chi connectivity index (χ3n) is 5.32. The van der Waals surface area contributed by atoms with Crippen LogP contribution in [-0.2, 0) is 9.47 Å². The van der Waals surface area contributed by atoms with Crippen LogP contribution in [0.15, 0.2) is 54.6 Å². The maximum absolute atomic E-state index is 13.0. The summed E-state index contributed by atoms with van der Waals surface area (Å²) in [6.45, 7) is 4.89. The van der Waals surface area contributed by atoms with Gasteiger partial charge in [-0.15, -0.1) is 0 Å². The zero-order chi connectivity index (χ0) is 22.0. The van der Waals surface area contributed by atoms with Gasteiger partial charge >= 0.3 is 5.97 Å². The first-order valence-electron chi connectivity index (χ1n) is 10.2. The van der Waals surface area contributed by atoms with Crippen molar-refractivity contribution in [3.8, 4) is 17.2 Å². The summed E-state index contributed by atoms with van der Waals surface area (Å²) in [5, 5.41) is 12.9. The SMILES string of the molecule is CCOc1ccc(-n2c(C)c(C(=O)OCCOC)c3cc(O)c4ccccc4c32)cc1. The molecule has 0 aliphatic rings. The fourth-order valence-electron chi connectivity index (χ4n) is 3.98. The number of rotatable bonds is 7. The molecular formula is C25H25NO5. The number of carbonyl (C=O) groups excluding carboxylic acids is 1. The molecule has 0 atom stereocenters. The highest BCUT2D eigenvalue weighted by molar-refractivity contribution is 6.16. The zero-order valence-corrected chi connectivity index (χ0v) is 17.8. The molecule has 0 amide bonds. The van der Waals surface area contributed by atoms with E-state index >= 15 is 0 Å². The highest BCUT2D eigenvalue weighted by atomic mass is 16.6. The molecule has 0 radical (unpaired) electrons. The number of fused-ring (bicyclic) bond motifs is 3. The predicted octanol–water partition coefficient (Wildman–Crippen LogP) is 5.00. The Hall–Kier alpha value is -3.51. The molecule has 1 aromatic heterocycles. The molecule has 6 nitrogen and oxygen atoms in total. The van der Waals surface area contributed by atoms with Gasteiger partial charge < -0.3 is 23.9 Å². The Bertz CT molecular complexity index is 1240. The lowest BCUT2D eigenvalue weighted by Crippen LogP contribution is -2.11. The molecule has 6 heteroatoms. The monoisotopic (exact) mass is 419 g/mol. The average Bonchev–Trinajstić information content (AvgIpc) is 3.07. The molecule has 3 aromatic carbocycles. The second kappa shape index (κ2) is 8.70.